The van der Waals surface area contributed by atoms with Crippen molar-refractivity contribution in [1.82, 2.24) is 4.90 Å². The average molecular weight is 561 g/mol. The molecule has 0 bridgehead atoms. The van der Waals surface area contributed by atoms with E-state index in [0.29, 0.717) is 47.6 Å². The molecule has 204 valence electrons. The van der Waals surface area contributed by atoms with Gasteiger partial charge in [0, 0.05) is 18.7 Å². The van der Waals surface area contributed by atoms with Crippen molar-refractivity contribution in [2.24, 2.45) is 4.99 Å². The van der Waals surface area contributed by atoms with E-state index in [2.05, 4.69) is 4.99 Å². The molecular weight excluding hydrogens is 538 g/mol. The number of rotatable bonds is 5. The van der Waals surface area contributed by atoms with Gasteiger partial charge in [-0.1, -0.05) is 12.1 Å². The maximum atomic E-state index is 13.4. The number of ether oxygens (including phenoxy) is 2. The van der Waals surface area contributed by atoms with Crippen LogP contribution in [0.25, 0.3) is 6.08 Å². The molecule has 1 saturated heterocycles. The van der Waals surface area contributed by atoms with Crippen molar-refractivity contribution < 1.29 is 45.7 Å². The van der Waals surface area contributed by atoms with Gasteiger partial charge in [-0.2, -0.15) is 31.3 Å². The van der Waals surface area contributed by atoms with Gasteiger partial charge in [-0.3, -0.25) is 4.79 Å². The Bertz CT molecular complexity index is 1270. The maximum absolute atomic E-state index is 13.4. The van der Waals surface area contributed by atoms with E-state index in [1.54, 1.807) is 12.1 Å². The van der Waals surface area contributed by atoms with E-state index in [1.807, 2.05) is 4.90 Å². The molecule has 0 aliphatic carbocycles. The molecule has 13 heteroatoms. The van der Waals surface area contributed by atoms with Crippen LogP contribution in [0.15, 0.2) is 46.3 Å². The van der Waals surface area contributed by atoms with Crippen molar-refractivity contribution in [2.45, 2.75) is 37.9 Å². The van der Waals surface area contributed by atoms with Crippen molar-refractivity contribution in [3.05, 3.63) is 63.6 Å². The fourth-order valence-electron chi connectivity index (χ4n) is 3.93. The van der Waals surface area contributed by atoms with Crippen LogP contribution in [0, 0.1) is 0 Å². The number of piperidine rings is 1. The number of carbonyl (C=O) groups excluding carboxylic acids is 1. The van der Waals surface area contributed by atoms with Gasteiger partial charge in [-0.25, -0.2) is 0 Å². The number of hydrogen-bond acceptors (Lipinski definition) is 6. The van der Waals surface area contributed by atoms with Gasteiger partial charge in [-0.05, 0) is 60.5 Å². The zero-order valence-corrected chi connectivity index (χ0v) is 20.7. The summed E-state index contributed by atoms with van der Waals surface area (Å²) in [5.74, 6) is -0.198. The number of alkyl halides is 6. The van der Waals surface area contributed by atoms with Gasteiger partial charge in [0.05, 0.1) is 29.2 Å². The van der Waals surface area contributed by atoms with Gasteiger partial charge < -0.3 is 19.5 Å². The highest BCUT2D eigenvalue weighted by molar-refractivity contribution is 8.18. The molecule has 6 nitrogen and oxygen atoms in total. The number of nitrogens with zero attached hydrogens (tertiary/aromatic N) is 2. The Morgan fingerprint density at radius 3 is 2.39 bits per heavy atom. The number of carbonyl (C=O) groups is 1. The number of benzene rings is 2. The fourth-order valence-corrected chi connectivity index (χ4v) is 4.90. The number of aliphatic hydroxyl groups is 1. The number of aliphatic imine (C=N–C) groups is 1. The number of methoxy groups -OCH3 is 1. The molecule has 1 amide bonds. The number of aliphatic hydroxyl groups excluding tert-OH is 1. The topological polar surface area (TPSA) is 71.4 Å². The number of thioether (sulfide) groups is 1. The van der Waals surface area contributed by atoms with Gasteiger partial charge >= 0.3 is 12.4 Å². The summed E-state index contributed by atoms with van der Waals surface area (Å²) in [7, 11) is 1.32. The Hall–Kier alpha value is -3.19. The lowest BCUT2D eigenvalue weighted by atomic mass is 10.0. The van der Waals surface area contributed by atoms with E-state index < -0.39 is 41.6 Å². The smallest absolute Gasteiger partial charge is 0.416 e. The molecule has 2 aliphatic heterocycles. The van der Waals surface area contributed by atoms with E-state index in [-0.39, 0.29) is 23.7 Å². The van der Waals surface area contributed by atoms with E-state index in [0.717, 1.165) is 6.07 Å². The SMILES string of the molecule is COc1cc(/C=C2\SC(N3CCC(O)CC3)=NC2=O)ccc1OCc1ccc(C(F)(F)F)cc1C(F)(F)F. The molecule has 38 heavy (non-hydrogen) atoms. The Morgan fingerprint density at radius 1 is 1.05 bits per heavy atom. The Labute approximate surface area is 217 Å². The largest absolute Gasteiger partial charge is 0.493 e. The van der Waals surface area contributed by atoms with Crippen molar-refractivity contribution in [3.8, 4) is 11.5 Å². The molecule has 0 aromatic heterocycles. The third kappa shape index (κ3) is 6.44. The molecule has 0 spiro atoms. The van der Waals surface area contributed by atoms with Gasteiger partial charge in [0.15, 0.2) is 16.7 Å². The molecule has 0 unspecified atom stereocenters. The van der Waals surface area contributed by atoms with Gasteiger partial charge in [0.1, 0.15) is 6.61 Å². The Kier molecular flexibility index (Phi) is 7.98. The number of amidine groups is 1. The quantitative estimate of drug-likeness (QED) is 0.372. The minimum absolute atomic E-state index is 0.0594. The summed E-state index contributed by atoms with van der Waals surface area (Å²) < 4.78 is 89.8. The van der Waals surface area contributed by atoms with Crippen LogP contribution >= 0.6 is 11.8 Å². The molecule has 0 saturated carbocycles. The van der Waals surface area contributed by atoms with Crippen molar-refractivity contribution >= 4 is 28.9 Å². The first kappa shape index (κ1) is 27.8. The summed E-state index contributed by atoms with van der Waals surface area (Å²) in [6, 6.07) is 5.87. The second-order valence-electron chi connectivity index (χ2n) is 8.59. The lowest BCUT2D eigenvalue weighted by Gasteiger charge is -2.30. The van der Waals surface area contributed by atoms with Crippen molar-refractivity contribution in [2.75, 3.05) is 20.2 Å². The van der Waals surface area contributed by atoms with Crippen LogP contribution in [-0.4, -0.2) is 47.4 Å². The van der Waals surface area contributed by atoms with Crippen LogP contribution in [0.5, 0.6) is 11.5 Å². The second kappa shape index (κ2) is 10.9. The number of halogens is 6. The van der Waals surface area contributed by atoms with Gasteiger partial charge in [0.2, 0.25) is 0 Å². The summed E-state index contributed by atoms with van der Waals surface area (Å²) in [6.45, 7) is 0.519. The molecule has 4 rings (SSSR count). The van der Waals surface area contributed by atoms with Crippen LogP contribution in [0.1, 0.15) is 35.1 Å². The van der Waals surface area contributed by atoms with Crippen LogP contribution < -0.4 is 9.47 Å². The molecule has 0 atom stereocenters. The monoisotopic (exact) mass is 560 g/mol. The lowest BCUT2D eigenvalue weighted by Crippen LogP contribution is -2.38. The zero-order valence-electron chi connectivity index (χ0n) is 19.9. The summed E-state index contributed by atoms with van der Waals surface area (Å²) >= 11 is 1.20. The first-order valence-corrected chi connectivity index (χ1v) is 12.2. The molecule has 2 aromatic rings. The standard InChI is InChI=1S/C25H22F6N2O4S/c1-36-20-10-14(11-21-22(35)32-23(38-21)33-8-6-17(34)7-9-33)2-5-19(20)37-13-15-3-4-16(24(26,27)28)12-18(15)25(29,30)31/h2-5,10-12,17,34H,6-9,13H2,1H3/b21-11-. The molecule has 0 radical (unpaired) electrons. The van der Waals surface area contributed by atoms with Crippen molar-refractivity contribution in [3.63, 3.8) is 0 Å². The molecule has 2 heterocycles. The highest BCUT2D eigenvalue weighted by Crippen LogP contribution is 2.39. The normalized spacial score (nSPS) is 18.2. The van der Waals surface area contributed by atoms with Crippen LogP contribution in [0.4, 0.5) is 26.3 Å². The van der Waals surface area contributed by atoms with Gasteiger partial charge in [-0.15, -0.1) is 0 Å². The summed E-state index contributed by atoms with van der Waals surface area (Å²) in [4.78, 5) is 18.8. The predicted molar refractivity (Wildman–Crippen MR) is 129 cm³/mol. The third-order valence-electron chi connectivity index (χ3n) is 5.96. The average Bonchev–Trinajstić information content (AvgIpc) is 3.22. The lowest BCUT2D eigenvalue weighted by molar-refractivity contribution is -0.143. The Morgan fingerprint density at radius 2 is 1.76 bits per heavy atom. The summed E-state index contributed by atoms with van der Waals surface area (Å²) in [5, 5.41) is 10.2. The fraction of sp³-hybridized carbons (Fsp3) is 0.360. The van der Waals surface area contributed by atoms with E-state index in [4.69, 9.17) is 9.47 Å². The molecule has 1 N–H and O–H groups in total. The minimum atomic E-state index is -5.01. The van der Waals surface area contributed by atoms with Crippen LogP contribution in [0.2, 0.25) is 0 Å². The van der Waals surface area contributed by atoms with Crippen LogP contribution in [-0.2, 0) is 23.8 Å². The molecule has 2 aliphatic rings. The van der Waals surface area contributed by atoms with Gasteiger partial charge in [0.25, 0.3) is 5.91 Å². The summed E-state index contributed by atoms with van der Waals surface area (Å²) in [5.41, 5.74) is -2.78. The van der Waals surface area contributed by atoms with Crippen LogP contribution in [0.3, 0.4) is 0 Å². The molecule has 2 aromatic carbocycles. The minimum Gasteiger partial charge on any atom is -0.493 e. The first-order valence-electron chi connectivity index (χ1n) is 11.4. The number of amides is 1. The second-order valence-corrected chi connectivity index (χ2v) is 9.60. The van der Waals surface area contributed by atoms with E-state index in [9.17, 15) is 36.2 Å². The highest BCUT2D eigenvalue weighted by atomic mass is 32.2. The molecule has 1 fully saturated rings. The van der Waals surface area contributed by atoms with E-state index in [1.165, 1.54) is 31.0 Å². The Balaban J connectivity index is 1.49. The third-order valence-corrected chi connectivity index (χ3v) is 7.00. The number of hydrogen-bond donors (Lipinski definition) is 1. The highest BCUT2D eigenvalue weighted by Gasteiger charge is 2.38. The maximum Gasteiger partial charge on any atom is 0.416 e. The number of likely N-dealkylation sites (tertiary alicyclic amines) is 1. The molecular formula is C25H22F6N2O4S. The van der Waals surface area contributed by atoms with E-state index >= 15 is 0 Å². The summed E-state index contributed by atoms with van der Waals surface area (Å²) in [6.07, 6.45) is -7.54. The zero-order chi connectivity index (χ0) is 27.7. The first-order chi connectivity index (χ1) is 17.8. The van der Waals surface area contributed by atoms with Crippen molar-refractivity contribution in [1.29, 1.82) is 0 Å². The predicted octanol–water partition coefficient (Wildman–Crippen LogP) is 5.74.